The van der Waals surface area contributed by atoms with Crippen molar-refractivity contribution in [3.8, 4) is 5.88 Å². The summed E-state index contributed by atoms with van der Waals surface area (Å²) >= 11 is 0. The summed E-state index contributed by atoms with van der Waals surface area (Å²) < 4.78 is 20.0. The molecule has 2 N–H and O–H groups in total. The molecular weight excluding hydrogens is 373 g/mol. The first-order chi connectivity index (χ1) is 13.9. The summed E-state index contributed by atoms with van der Waals surface area (Å²) in [6.45, 7) is 4.89. The third-order valence-electron chi connectivity index (χ3n) is 5.14. The van der Waals surface area contributed by atoms with Gasteiger partial charge < -0.3 is 15.4 Å². The molecule has 7 nitrogen and oxygen atoms in total. The number of carbonyl (C=O) groups excluding carboxylic acids is 1. The van der Waals surface area contributed by atoms with E-state index in [1.165, 1.54) is 12.1 Å². The summed E-state index contributed by atoms with van der Waals surface area (Å²) in [7, 11) is 0. The molecule has 0 saturated carbocycles. The highest BCUT2D eigenvalue weighted by Crippen LogP contribution is 2.34. The maximum absolute atomic E-state index is 14.0. The Morgan fingerprint density at radius 3 is 2.86 bits per heavy atom. The third kappa shape index (κ3) is 3.70. The third-order valence-corrected chi connectivity index (χ3v) is 5.14. The lowest BCUT2D eigenvalue weighted by Crippen LogP contribution is -2.26. The summed E-state index contributed by atoms with van der Waals surface area (Å²) in [6.07, 6.45) is 4.23. The molecule has 0 spiro atoms. The van der Waals surface area contributed by atoms with Crippen molar-refractivity contribution in [1.82, 2.24) is 9.97 Å². The van der Waals surface area contributed by atoms with E-state index in [1.807, 2.05) is 13.0 Å². The molecule has 1 saturated heterocycles. The second kappa shape index (κ2) is 7.62. The fourth-order valence-corrected chi connectivity index (χ4v) is 3.63. The molecule has 150 valence electrons. The first-order valence-corrected chi connectivity index (χ1v) is 9.55. The highest BCUT2D eigenvalue weighted by Gasteiger charge is 2.27. The van der Waals surface area contributed by atoms with Gasteiger partial charge in [0.2, 0.25) is 5.91 Å². The molecule has 3 heterocycles. The van der Waals surface area contributed by atoms with Gasteiger partial charge in [0.05, 0.1) is 24.1 Å². The van der Waals surface area contributed by atoms with Gasteiger partial charge in [0.15, 0.2) is 5.82 Å². The van der Waals surface area contributed by atoms with E-state index in [9.17, 15) is 9.18 Å². The molecule has 1 unspecified atom stereocenters. The Hall–Kier alpha value is -3.29. The number of nitrogens with zero attached hydrogens (tertiary/aromatic N) is 4. The maximum atomic E-state index is 14.0. The van der Waals surface area contributed by atoms with E-state index in [1.54, 1.807) is 24.1 Å². The topological polar surface area (TPSA) is 93.7 Å². The van der Waals surface area contributed by atoms with Gasteiger partial charge in [0.1, 0.15) is 11.9 Å². The van der Waals surface area contributed by atoms with Crippen molar-refractivity contribution >= 4 is 28.7 Å². The van der Waals surface area contributed by atoms with Gasteiger partial charge in [-0.1, -0.05) is 6.08 Å². The standard InChI is InChI=1S/C21H22FN5O2/c1-12-15(7-8-24-12)17-11-25-20(23)21(26-17)29-13(2)16-10-14(22)5-6-18(16)27-9-3-4-19(27)28/h5-7,10-11,13H,3-4,8-9H2,1-2H3,(H2,23,25). The molecule has 0 radical (unpaired) electrons. The number of nitrogens with two attached hydrogens (primary N) is 1. The normalized spacial score (nSPS) is 17.3. The van der Waals surface area contributed by atoms with Gasteiger partial charge in [-0.25, -0.2) is 14.4 Å². The predicted molar refractivity (Wildman–Crippen MR) is 109 cm³/mol. The number of halogens is 1. The maximum Gasteiger partial charge on any atom is 0.258 e. The first kappa shape index (κ1) is 19.0. The molecule has 8 heteroatoms. The Labute approximate surface area is 168 Å². The quantitative estimate of drug-likeness (QED) is 0.838. The van der Waals surface area contributed by atoms with Gasteiger partial charge in [-0.15, -0.1) is 0 Å². The Morgan fingerprint density at radius 1 is 1.34 bits per heavy atom. The minimum absolute atomic E-state index is 0.0225. The van der Waals surface area contributed by atoms with Gasteiger partial charge >= 0.3 is 0 Å². The van der Waals surface area contributed by atoms with Crippen LogP contribution in [0.4, 0.5) is 15.9 Å². The number of anilines is 2. The Kier molecular flexibility index (Phi) is 5.00. The van der Waals surface area contributed by atoms with E-state index in [-0.39, 0.29) is 17.6 Å². The minimum Gasteiger partial charge on any atom is -0.467 e. The lowest BCUT2D eigenvalue weighted by atomic mass is 10.1. The van der Waals surface area contributed by atoms with Crippen molar-refractivity contribution in [1.29, 1.82) is 0 Å². The molecular formula is C21H22FN5O2. The summed E-state index contributed by atoms with van der Waals surface area (Å²) in [5.74, 6) is -0.0709. The van der Waals surface area contributed by atoms with Gasteiger partial charge in [0.25, 0.3) is 5.88 Å². The summed E-state index contributed by atoms with van der Waals surface area (Å²) in [4.78, 5) is 26.9. The van der Waals surface area contributed by atoms with E-state index in [0.29, 0.717) is 36.5 Å². The van der Waals surface area contributed by atoms with Gasteiger partial charge in [-0.05, 0) is 38.5 Å². The number of nitrogen functional groups attached to an aromatic ring is 1. The van der Waals surface area contributed by atoms with E-state index in [0.717, 1.165) is 17.7 Å². The monoisotopic (exact) mass is 395 g/mol. The average molecular weight is 395 g/mol. The molecule has 1 aromatic carbocycles. The van der Waals surface area contributed by atoms with Crippen LogP contribution in [0.5, 0.6) is 5.88 Å². The highest BCUT2D eigenvalue weighted by atomic mass is 19.1. The Bertz CT molecular complexity index is 1030. The molecule has 1 atom stereocenters. The van der Waals surface area contributed by atoms with Crippen LogP contribution >= 0.6 is 0 Å². The fourth-order valence-electron chi connectivity index (χ4n) is 3.63. The van der Waals surface area contributed by atoms with Crippen molar-refractivity contribution < 1.29 is 13.9 Å². The number of carbonyl (C=O) groups is 1. The van der Waals surface area contributed by atoms with Gasteiger partial charge in [0, 0.05) is 29.8 Å². The second-order valence-corrected chi connectivity index (χ2v) is 7.10. The number of ether oxygens (including phenoxy) is 1. The van der Waals surface area contributed by atoms with E-state index >= 15 is 0 Å². The molecule has 2 aliphatic heterocycles. The predicted octanol–water partition coefficient (Wildman–Crippen LogP) is 3.32. The lowest BCUT2D eigenvalue weighted by Gasteiger charge is -2.24. The number of aromatic nitrogens is 2. The number of rotatable bonds is 5. The van der Waals surface area contributed by atoms with Crippen molar-refractivity contribution in [3.63, 3.8) is 0 Å². The molecule has 2 aromatic rings. The second-order valence-electron chi connectivity index (χ2n) is 7.10. The van der Waals surface area contributed by atoms with Gasteiger partial charge in [-0.3, -0.25) is 9.79 Å². The molecule has 0 aliphatic carbocycles. The summed E-state index contributed by atoms with van der Waals surface area (Å²) in [6, 6.07) is 4.35. The van der Waals surface area contributed by atoms with Crippen LogP contribution in [0.1, 0.15) is 44.1 Å². The SMILES string of the molecule is CC1=NCC=C1c1cnc(N)c(OC(C)c2cc(F)ccc2N2CCCC2=O)n1. The van der Waals surface area contributed by atoms with Crippen LogP contribution in [0.15, 0.2) is 35.5 Å². The van der Waals surface area contributed by atoms with Crippen molar-refractivity contribution in [2.45, 2.75) is 32.8 Å². The Morgan fingerprint density at radius 2 is 2.17 bits per heavy atom. The highest BCUT2D eigenvalue weighted by molar-refractivity contribution is 6.23. The zero-order chi connectivity index (χ0) is 20.5. The Balaban J connectivity index is 1.65. The zero-order valence-electron chi connectivity index (χ0n) is 16.4. The van der Waals surface area contributed by atoms with E-state index in [4.69, 9.17) is 10.5 Å². The molecule has 1 fully saturated rings. The number of hydrogen-bond acceptors (Lipinski definition) is 6. The van der Waals surface area contributed by atoms with Crippen LogP contribution < -0.4 is 15.4 Å². The lowest BCUT2D eigenvalue weighted by molar-refractivity contribution is -0.117. The number of hydrogen-bond donors (Lipinski definition) is 1. The average Bonchev–Trinajstić information content (AvgIpc) is 3.31. The fraction of sp³-hybridized carbons (Fsp3) is 0.333. The zero-order valence-corrected chi connectivity index (χ0v) is 16.4. The van der Waals surface area contributed by atoms with Crippen LogP contribution in [0.3, 0.4) is 0 Å². The van der Waals surface area contributed by atoms with Crippen molar-refractivity contribution in [2.24, 2.45) is 4.99 Å². The summed E-state index contributed by atoms with van der Waals surface area (Å²) in [5, 5.41) is 0. The molecule has 0 bridgehead atoms. The number of aliphatic imine (C=N–C) groups is 1. The molecule has 4 rings (SSSR count). The van der Waals surface area contributed by atoms with E-state index in [2.05, 4.69) is 15.0 Å². The first-order valence-electron chi connectivity index (χ1n) is 9.55. The van der Waals surface area contributed by atoms with Crippen molar-refractivity contribution in [2.75, 3.05) is 23.7 Å². The molecule has 1 aromatic heterocycles. The van der Waals surface area contributed by atoms with Crippen molar-refractivity contribution in [3.05, 3.63) is 47.5 Å². The molecule has 2 aliphatic rings. The minimum atomic E-state index is -0.590. The molecule has 29 heavy (non-hydrogen) atoms. The number of benzene rings is 1. The smallest absolute Gasteiger partial charge is 0.258 e. The van der Waals surface area contributed by atoms with Crippen LogP contribution in [0, 0.1) is 5.82 Å². The number of amides is 1. The van der Waals surface area contributed by atoms with Gasteiger partial charge in [-0.2, -0.15) is 0 Å². The van der Waals surface area contributed by atoms with E-state index < -0.39 is 11.9 Å². The van der Waals surface area contributed by atoms with Crippen LogP contribution in [0.25, 0.3) is 5.57 Å². The number of allylic oxidation sites excluding steroid dienone is 1. The van der Waals surface area contributed by atoms with Crippen LogP contribution in [-0.4, -0.2) is 34.7 Å². The molecule has 1 amide bonds. The van der Waals surface area contributed by atoms with Crippen LogP contribution in [-0.2, 0) is 4.79 Å². The van der Waals surface area contributed by atoms with Crippen LogP contribution in [0.2, 0.25) is 0 Å². The largest absolute Gasteiger partial charge is 0.467 e. The summed E-state index contributed by atoms with van der Waals surface area (Å²) in [5.41, 5.74) is 9.57.